The number of piperidine rings is 2. The largest absolute Gasteiger partial charge is 0.351 e. The van der Waals surface area contributed by atoms with Crippen LogP contribution in [0.5, 0.6) is 0 Å². The second-order valence-electron chi connectivity index (χ2n) is 8.22. The molecule has 7 heteroatoms. The van der Waals surface area contributed by atoms with E-state index in [-0.39, 0.29) is 11.8 Å². The van der Waals surface area contributed by atoms with E-state index in [9.17, 15) is 9.59 Å². The van der Waals surface area contributed by atoms with E-state index >= 15 is 0 Å². The molecule has 3 fully saturated rings. The fourth-order valence-corrected chi connectivity index (χ4v) is 4.79. The molecule has 2 amide bonds. The summed E-state index contributed by atoms with van der Waals surface area (Å²) in [4.78, 5) is 31.7. The Hall–Kier alpha value is -1.89. The Kier molecular flexibility index (Phi) is 5.48. The van der Waals surface area contributed by atoms with Crippen molar-refractivity contribution in [3.8, 4) is 0 Å². The predicted octanol–water partition coefficient (Wildman–Crippen LogP) is 1.92. The summed E-state index contributed by atoms with van der Waals surface area (Å²) in [6.45, 7) is 7.14. The number of aromatic nitrogens is 1. The van der Waals surface area contributed by atoms with Gasteiger partial charge < -0.3 is 14.3 Å². The van der Waals surface area contributed by atoms with Crippen molar-refractivity contribution in [2.75, 3.05) is 39.3 Å². The Labute approximate surface area is 160 Å². The smallest absolute Gasteiger partial charge is 0.292 e. The second-order valence-corrected chi connectivity index (χ2v) is 8.22. The van der Waals surface area contributed by atoms with Crippen molar-refractivity contribution in [3.05, 3.63) is 17.5 Å². The van der Waals surface area contributed by atoms with Gasteiger partial charge in [0.25, 0.3) is 5.91 Å². The van der Waals surface area contributed by atoms with Gasteiger partial charge in [0.1, 0.15) is 0 Å². The molecule has 0 radical (unpaired) electrons. The Bertz CT molecular complexity index is 675. The summed E-state index contributed by atoms with van der Waals surface area (Å²) in [5.41, 5.74) is 0.732. The molecule has 0 N–H and O–H groups in total. The molecule has 1 atom stereocenters. The quantitative estimate of drug-likeness (QED) is 0.808. The van der Waals surface area contributed by atoms with Gasteiger partial charge in [-0.2, -0.15) is 0 Å². The van der Waals surface area contributed by atoms with E-state index in [1.165, 1.54) is 0 Å². The lowest BCUT2D eigenvalue weighted by Crippen LogP contribution is -2.51. The van der Waals surface area contributed by atoms with E-state index in [1.54, 1.807) is 6.07 Å². The first-order chi connectivity index (χ1) is 13.1. The maximum atomic E-state index is 12.8. The van der Waals surface area contributed by atoms with Crippen molar-refractivity contribution in [2.24, 2.45) is 5.92 Å². The molecule has 3 aliphatic heterocycles. The minimum atomic E-state index is -0.0604. The van der Waals surface area contributed by atoms with E-state index in [0.29, 0.717) is 17.7 Å². The van der Waals surface area contributed by atoms with Crippen molar-refractivity contribution < 1.29 is 14.1 Å². The van der Waals surface area contributed by atoms with Crippen LogP contribution in [-0.4, -0.2) is 77.0 Å². The van der Waals surface area contributed by atoms with Gasteiger partial charge in [0.15, 0.2) is 0 Å². The van der Waals surface area contributed by atoms with Gasteiger partial charge >= 0.3 is 0 Å². The van der Waals surface area contributed by atoms with Crippen LogP contribution in [0.15, 0.2) is 10.6 Å². The number of nitrogens with zero attached hydrogens (tertiary/aromatic N) is 4. The summed E-state index contributed by atoms with van der Waals surface area (Å²) in [6, 6.07) is 2.17. The van der Waals surface area contributed by atoms with Crippen LogP contribution in [-0.2, 0) is 4.79 Å². The molecular weight excluding hydrogens is 344 g/mol. The summed E-state index contributed by atoms with van der Waals surface area (Å²) < 4.78 is 5.12. The molecule has 4 rings (SSSR count). The first-order valence-corrected chi connectivity index (χ1v) is 10.4. The minimum Gasteiger partial charge on any atom is -0.351 e. The lowest BCUT2D eigenvalue weighted by molar-refractivity contribution is -0.136. The molecular formula is C20H30N4O3. The number of carbonyl (C=O) groups is 2. The Morgan fingerprint density at radius 2 is 1.74 bits per heavy atom. The van der Waals surface area contributed by atoms with Gasteiger partial charge in [-0.1, -0.05) is 5.16 Å². The zero-order valence-corrected chi connectivity index (χ0v) is 16.2. The molecule has 1 aromatic heterocycles. The number of carbonyl (C=O) groups excluding carboxylic acids is 2. The zero-order valence-electron chi connectivity index (χ0n) is 16.2. The first kappa shape index (κ1) is 18.5. The third-order valence-electron chi connectivity index (χ3n) is 6.33. The molecule has 0 spiro atoms. The van der Waals surface area contributed by atoms with Gasteiger partial charge in [0.05, 0.1) is 11.6 Å². The summed E-state index contributed by atoms with van der Waals surface area (Å²) in [5.74, 6) is 0.800. The Morgan fingerprint density at radius 1 is 1.00 bits per heavy atom. The molecule has 0 aromatic carbocycles. The van der Waals surface area contributed by atoms with Crippen molar-refractivity contribution in [1.82, 2.24) is 19.9 Å². The van der Waals surface area contributed by atoms with E-state index < -0.39 is 0 Å². The molecule has 3 saturated heterocycles. The maximum Gasteiger partial charge on any atom is 0.292 e. The third-order valence-corrected chi connectivity index (χ3v) is 6.33. The van der Waals surface area contributed by atoms with Gasteiger partial charge in [0.2, 0.25) is 11.7 Å². The number of hydrogen-bond donors (Lipinski definition) is 0. The van der Waals surface area contributed by atoms with Crippen molar-refractivity contribution in [1.29, 1.82) is 0 Å². The van der Waals surface area contributed by atoms with Crippen LogP contribution in [0.2, 0.25) is 0 Å². The molecule has 0 bridgehead atoms. The topological polar surface area (TPSA) is 69.9 Å². The fourth-order valence-electron chi connectivity index (χ4n) is 4.79. The number of aryl methyl sites for hydroxylation is 1. The first-order valence-electron chi connectivity index (χ1n) is 10.4. The second kappa shape index (κ2) is 8.00. The lowest BCUT2D eigenvalue weighted by atomic mass is 9.93. The van der Waals surface area contributed by atoms with E-state index in [1.807, 2.05) is 11.8 Å². The monoisotopic (exact) mass is 374 g/mol. The zero-order chi connectivity index (χ0) is 18.8. The predicted molar refractivity (Wildman–Crippen MR) is 100 cm³/mol. The maximum absolute atomic E-state index is 12.8. The number of hydrogen-bond acceptors (Lipinski definition) is 5. The highest BCUT2D eigenvalue weighted by Crippen LogP contribution is 2.26. The normalized spacial score (nSPS) is 25.1. The van der Waals surface area contributed by atoms with Crippen molar-refractivity contribution in [3.63, 3.8) is 0 Å². The van der Waals surface area contributed by atoms with Crippen molar-refractivity contribution >= 4 is 11.8 Å². The molecule has 1 aromatic rings. The van der Waals surface area contributed by atoms with Crippen LogP contribution >= 0.6 is 0 Å². The lowest BCUT2D eigenvalue weighted by Gasteiger charge is -2.42. The summed E-state index contributed by atoms with van der Waals surface area (Å²) >= 11 is 0. The molecule has 0 aliphatic carbocycles. The molecule has 4 heterocycles. The summed E-state index contributed by atoms with van der Waals surface area (Å²) in [7, 11) is 0. The number of amides is 2. The third kappa shape index (κ3) is 4.03. The Balaban J connectivity index is 1.30. The SMILES string of the molecule is Cc1cc(C(=O)N2CCC(N3CCC[C@@H](C(=O)N4CCCC4)C3)CC2)on1. The van der Waals surface area contributed by atoms with E-state index in [0.717, 1.165) is 83.5 Å². The number of rotatable bonds is 3. The van der Waals surface area contributed by atoms with Gasteiger partial charge in [-0.3, -0.25) is 14.5 Å². The van der Waals surface area contributed by atoms with Crippen LogP contribution in [0.25, 0.3) is 0 Å². The standard InChI is InChI=1S/C20H30N4O3/c1-15-13-18(27-21-15)20(26)23-11-6-17(7-12-23)24-10-4-5-16(14-24)19(25)22-8-2-3-9-22/h13,16-17H,2-12,14H2,1H3/t16-/m1/s1. The molecule has 148 valence electrons. The van der Waals surface area contributed by atoms with Crippen LogP contribution < -0.4 is 0 Å². The minimum absolute atomic E-state index is 0.0604. The summed E-state index contributed by atoms with van der Waals surface area (Å²) in [6.07, 6.45) is 6.35. The summed E-state index contributed by atoms with van der Waals surface area (Å²) in [5, 5.41) is 3.81. The van der Waals surface area contributed by atoms with Crippen molar-refractivity contribution in [2.45, 2.75) is 51.5 Å². The highest BCUT2D eigenvalue weighted by atomic mass is 16.5. The average molecular weight is 374 g/mol. The molecule has 3 aliphatic rings. The molecule has 27 heavy (non-hydrogen) atoms. The molecule has 7 nitrogen and oxygen atoms in total. The van der Waals surface area contributed by atoms with Crippen LogP contribution in [0.1, 0.15) is 54.8 Å². The van der Waals surface area contributed by atoms with Gasteiger partial charge in [-0.05, 0) is 52.0 Å². The fraction of sp³-hybridized carbons (Fsp3) is 0.750. The van der Waals surface area contributed by atoms with Crippen LogP contribution in [0.4, 0.5) is 0 Å². The molecule has 0 saturated carbocycles. The highest BCUT2D eigenvalue weighted by Gasteiger charge is 2.35. The van der Waals surface area contributed by atoms with Gasteiger partial charge in [0, 0.05) is 44.8 Å². The van der Waals surface area contributed by atoms with Crippen LogP contribution in [0.3, 0.4) is 0 Å². The van der Waals surface area contributed by atoms with E-state index in [4.69, 9.17) is 4.52 Å². The Morgan fingerprint density at radius 3 is 2.41 bits per heavy atom. The average Bonchev–Trinajstić information content (AvgIpc) is 3.39. The molecule has 0 unspecified atom stereocenters. The van der Waals surface area contributed by atoms with Crippen LogP contribution in [0, 0.1) is 12.8 Å². The van der Waals surface area contributed by atoms with Gasteiger partial charge in [-0.25, -0.2) is 0 Å². The number of likely N-dealkylation sites (tertiary alicyclic amines) is 3. The van der Waals surface area contributed by atoms with Gasteiger partial charge in [-0.15, -0.1) is 0 Å². The van der Waals surface area contributed by atoms with E-state index in [2.05, 4.69) is 15.0 Å². The highest BCUT2D eigenvalue weighted by molar-refractivity contribution is 5.91.